The van der Waals surface area contributed by atoms with E-state index in [1.54, 1.807) is 0 Å². The summed E-state index contributed by atoms with van der Waals surface area (Å²) in [5.41, 5.74) is 1.41. The molecule has 1 aromatic heterocycles. The van der Waals surface area contributed by atoms with Gasteiger partial charge >= 0.3 is 6.18 Å². The van der Waals surface area contributed by atoms with Gasteiger partial charge in [0.2, 0.25) is 11.8 Å². The number of benzene rings is 1. The fourth-order valence-electron chi connectivity index (χ4n) is 1.33. The minimum absolute atomic E-state index is 0.0245. The van der Waals surface area contributed by atoms with Crippen LogP contribution in [-0.2, 0) is 6.18 Å². The number of alkyl halides is 3. The minimum Gasteiger partial charge on any atom is -0.439 e. The molecule has 19 heavy (non-hydrogen) atoms. The lowest BCUT2D eigenvalue weighted by molar-refractivity contribution is -0.137. The maximum Gasteiger partial charge on any atom is 0.416 e. The zero-order valence-corrected chi connectivity index (χ0v) is 9.48. The molecule has 0 radical (unpaired) electrons. The summed E-state index contributed by atoms with van der Waals surface area (Å²) in [6, 6.07) is 5.90. The van der Waals surface area contributed by atoms with Crippen molar-refractivity contribution in [3.05, 3.63) is 42.1 Å². The van der Waals surface area contributed by atoms with E-state index in [1.165, 1.54) is 24.4 Å². The van der Waals surface area contributed by atoms with Gasteiger partial charge < -0.3 is 4.74 Å². The quantitative estimate of drug-likeness (QED) is 0.662. The Hall–Kier alpha value is -2.35. The minimum atomic E-state index is -4.42. The molecule has 1 aromatic carbocycles. The van der Waals surface area contributed by atoms with E-state index in [0.717, 1.165) is 12.1 Å². The molecule has 0 spiro atoms. The van der Waals surface area contributed by atoms with Gasteiger partial charge in [-0.2, -0.15) is 18.2 Å². The molecular weight excluding hydrogens is 261 g/mol. The van der Waals surface area contributed by atoms with Gasteiger partial charge in [-0.05, 0) is 18.2 Å². The lowest BCUT2D eigenvalue weighted by atomic mass is 10.2. The normalized spacial score (nSPS) is 11.2. The lowest BCUT2D eigenvalue weighted by Crippen LogP contribution is -2.10. The third kappa shape index (κ3) is 3.32. The van der Waals surface area contributed by atoms with Gasteiger partial charge in [0.15, 0.2) is 0 Å². The largest absolute Gasteiger partial charge is 0.439 e. The van der Waals surface area contributed by atoms with Crippen molar-refractivity contribution in [2.75, 3.05) is 5.43 Å². The van der Waals surface area contributed by atoms with Crippen molar-refractivity contribution in [1.82, 2.24) is 9.97 Å². The average Bonchev–Trinajstić information content (AvgIpc) is 2.38. The van der Waals surface area contributed by atoms with Crippen LogP contribution in [0.25, 0.3) is 0 Å². The first kappa shape index (κ1) is 13.1. The zero-order valence-electron chi connectivity index (χ0n) is 9.48. The fraction of sp³-hybridized carbons (Fsp3) is 0.0909. The maximum absolute atomic E-state index is 12.5. The highest BCUT2D eigenvalue weighted by Crippen LogP contribution is 2.32. The van der Waals surface area contributed by atoms with Crippen molar-refractivity contribution >= 4 is 5.95 Å². The van der Waals surface area contributed by atoms with Crippen molar-refractivity contribution in [1.29, 1.82) is 0 Å². The summed E-state index contributed by atoms with van der Waals surface area (Å²) in [5, 5.41) is 0. The molecule has 0 fully saturated rings. The number of nitrogen functional groups attached to an aromatic ring is 1. The SMILES string of the molecule is NNc1nccc(Oc2cccc(C(F)(F)F)c2)n1. The molecule has 1 heterocycles. The van der Waals surface area contributed by atoms with Gasteiger partial charge in [0.25, 0.3) is 0 Å². The number of nitrogens with zero attached hydrogens (tertiary/aromatic N) is 2. The molecular formula is C11H9F3N4O. The van der Waals surface area contributed by atoms with Crippen molar-refractivity contribution in [2.24, 2.45) is 5.84 Å². The Bertz CT molecular complexity index is 574. The van der Waals surface area contributed by atoms with Crippen LogP contribution in [0, 0.1) is 0 Å². The lowest BCUT2D eigenvalue weighted by Gasteiger charge is -2.09. The van der Waals surface area contributed by atoms with Crippen LogP contribution in [-0.4, -0.2) is 9.97 Å². The predicted octanol–water partition coefficient (Wildman–Crippen LogP) is 2.57. The van der Waals surface area contributed by atoms with Crippen molar-refractivity contribution < 1.29 is 17.9 Å². The highest BCUT2D eigenvalue weighted by atomic mass is 19.4. The monoisotopic (exact) mass is 270 g/mol. The smallest absolute Gasteiger partial charge is 0.416 e. The van der Waals surface area contributed by atoms with Gasteiger partial charge in [0, 0.05) is 12.3 Å². The van der Waals surface area contributed by atoms with E-state index in [9.17, 15) is 13.2 Å². The number of nitrogens with two attached hydrogens (primary N) is 1. The molecule has 0 bridgehead atoms. The van der Waals surface area contributed by atoms with Crippen LogP contribution in [0.5, 0.6) is 11.6 Å². The van der Waals surface area contributed by atoms with Gasteiger partial charge in [-0.25, -0.2) is 10.8 Å². The van der Waals surface area contributed by atoms with Gasteiger partial charge in [-0.3, -0.25) is 5.43 Å². The van der Waals surface area contributed by atoms with E-state index >= 15 is 0 Å². The van der Waals surface area contributed by atoms with Crippen LogP contribution in [0.4, 0.5) is 19.1 Å². The van der Waals surface area contributed by atoms with Crippen LogP contribution in [0.1, 0.15) is 5.56 Å². The van der Waals surface area contributed by atoms with Gasteiger partial charge in [0.1, 0.15) is 5.75 Å². The first-order valence-corrected chi connectivity index (χ1v) is 5.14. The Morgan fingerprint density at radius 2 is 2.00 bits per heavy atom. The molecule has 8 heteroatoms. The first-order valence-electron chi connectivity index (χ1n) is 5.14. The van der Waals surface area contributed by atoms with Crippen LogP contribution in [0.3, 0.4) is 0 Å². The van der Waals surface area contributed by atoms with Gasteiger partial charge in [0.05, 0.1) is 5.56 Å². The number of hydrogen-bond donors (Lipinski definition) is 2. The fourth-order valence-corrected chi connectivity index (χ4v) is 1.33. The summed E-state index contributed by atoms with van der Waals surface area (Å²) in [7, 11) is 0. The van der Waals surface area contributed by atoms with Crippen molar-refractivity contribution in [3.8, 4) is 11.6 Å². The Labute approximate surface area is 106 Å². The number of ether oxygens (including phenoxy) is 1. The summed E-state index contributed by atoms with van der Waals surface area (Å²) < 4.78 is 42.8. The second-order valence-corrected chi connectivity index (χ2v) is 3.49. The summed E-state index contributed by atoms with van der Waals surface area (Å²) >= 11 is 0. The molecule has 0 amide bonds. The van der Waals surface area contributed by atoms with E-state index in [-0.39, 0.29) is 17.6 Å². The number of rotatable bonds is 3. The molecule has 0 aliphatic rings. The molecule has 3 N–H and O–H groups in total. The Kier molecular flexibility index (Phi) is 3.52. The maximum atomic E-state index is 12.5. The molecule has 2 rings (SSSR count). The van der Waals surface area contributed by atoms with E-state index in [4.69, 9.17) is 10.6 Å². The van der Waals surface area contributed by atoms with E-state index < -0.39 is 11.7 Å². The van der Waals surface area contributed by atoms with Gasteiger partial charge in [-0.1, -0.05) is 6.07 Å². The highest BCUT2D eigenvalue weighted by molar-refractivity contribution is 5.34. The number of anilines is 1. The molecule has 0 aliphatic carbocycles. The van der Waals surface area contributed by atoms with Crippen LogP contribution < -0.4 is 16.0 Å². The summed E-state index contributed by atoms with van der Waals surface area (Å²) in [5.74, 6) is 5.33. The highest BCUT2D eigenvalue weighted by Gasteiger charge is 2.30. The summed E-state index contributed by atoms with van der Waals surface area (Å²) in [6.07, 6.45) is -3.06. The van der Waals surface area contributed by atoms with E-state index in [0.29, 0.717) is 0 Å². The predicted molar refractivity (Wildman–Crippen MR) is 61.4 cm³/mol. The third-order valence-electron chi connectivity index (χ3n) is 2.14. The van der Waals surface area contributed by atoms with E-state index in [1.807, 2.05) is 0 Å². The molecule has 2 aromatic rings. The standard InChI is InChI=1S/C11H9F3N4O/c12-11(13,14)7-2-1-3-8(6-7)19-9-4-5-16-10(17-9)18-15/h1-6H,15H2,(H,16,17,18). The van der Waals surface area contributed by atoms with Crippen LogP contribution in [0.15, 0.2) is 36.5 Å². The number of hydrogen-bond acceptors (Lipinski definition) is 5. The molecule has 5 nitrogen and oxygen atoms in total. The number of halogens is 3. The second-order valence-electron chi connectivity index (χ2n) is 3.49. The van der Waals surface area contributed by atoms with E-state index in [2.05, 4.69) is 15.4 Å². The topological polar surface area (TPSA) is 73.1 Å². The van der Waals surface area contributed by atoms with Crippen molar-refractivity contribution in [3.63, 3.8) is 0 Å². The molecule has 100 valence electrons. The molecule has 0 unspecified atom stereocenters. The average molecular weight is 270 g/mol. The van der Waals surface area contributed by atoms with Gasteiger partial charge in [-0.15, -0.1) is 0 Å². The Morgan fingerprint density at radius 3 is 2.68 bits per heavy atom. The first-order chi connectivity index (χ1) is 8.99. The number of hydrazine groups is 1. The number of nitrogens with one attached hydrogen (secondary N) is 1. The Balaban J connectivity index is 2.23. The molecule has 0 saturated heterocycles. The molecule has 0 saturated carbocycles. The zero-order chi connectivity index (χ0) is 13.9. The van der Waals surface area contributed by atoms with Crippen LogP contribution >= 0.6 is 0 Å². The van der Waals surface area contributed by atoms with Crippen LogP contribution in [0.2, 0.25) is 0 Å². The Morgan fingerprint density at radius 1 is 1.21 bits per heavy atom. The molecule has 0 aliphatic heterocycles. The number of aromatic nitrogens is 2. The second kappa shape index (κ2) is 5.11. The third-order valence-corrected chi connectivity index (χ3v) is 2.14. The molecule has 0 atom stereocenters. The summed E-state index contributed by atoms with van der Waals surface area (Å²) in [6.45, 7) is 0. The van der Waals surface area contributed by atoms with Crippen molar-refractivity contribution in [2.45, 2.75) is 6.18 Å². The summed E-state index contributed by atoms with van der Waals surface area (Å²) in [4.78, 5) is 7.58.